The van der Waals surface area contributed by atoms with E-state index in [-0.39, 0.29) is 6.10 Å². The highest BCUT2D eigenvalue weighted by atomic mass is 16.5. The van der Waals surface area contributed by atoms with Crippen LogP contribution in [0.4, 0.5) is 0 Å². The predicted octanol–water partition coefficient (Wildman–Crippen LogP) is 4.39. The molecule has 2 heteroatoms. The van der Waals surface area contributed by atoms with Crippen molar-refractivity contribution >= 4 is 11.8 Å². The Labute approximate surface area is 104 Å². The van der Waals surface area contributed by atoms with Crippen molar-refractivity contribution < 1.29 is 4.74 Å². The number of aromatic amines is 1. The van der Waals surface area contributed by atoms with E-state index in [4.69, 9.17) is 4.74 Å². The fourth-order valence-corrected chi connectivity index (χ4v) is 1.49. The number of hydrogen-bond donors (Lipinski definition) is 1. The molecule has 2 nitrogen and oxygen atoms in total. The van der Waals surface area contributed by atoms with Gasteiger partial charge >= 0.3 is 0 Å². The summed E-state index contributed by atoms with van der Waals surface area (Å²) >= 11 is 0. The maximum Gasteiger partial charge on any atom is 0.136 e. The second-order valence-corrected chi connectivity index (χ2v) is 4.77. The first-order valence-corrected chi connectivity index (χ1v) is 6.14. The van der Waals surface area contributed by atoms with Gasteiger partial charge in [-0.25, -0.2) is 0 Å². The molecule has 1 aromatic rings. The SMILES string of the molecule is C=C(OC(C)C(C)C)c1cc(C)c(/C=C\C)[nH]1. The highest BCUT2D eigenvalue weighted by molar-refractivity contribution is 5.60. The van der Waals surface area contributed by atoms with Crippen LogP contribution in [0.5, 0.6) is 0 Å². The molecule has 0 spiro atoms. The lowest BCUT2D eigenvalue weighted by atomic mass is 10.1. The second kappa shape index (κ2) is 5.76. The Morgan fingerprint density at radius 1 is 1.41 bits per heavy atom. The first-order valence-electron chi connectivity index (χ1n) is 6.14. The molecule has 0 aliphatic heterocycles. The van der Waals surface area contributed by atoms with Gasteiger partial charge in [0.2, 0.25) is 0 Å². The number of aromatic nitrogens is 1. The van der Waals surface area contributed by atoms with E-state index in [9.17, 15) is 0 Å². The largest absolute Gasteiger partial charge is 0.489 e. The van der Waals surface area contributed by atoms with E-state index in [2.05, 4.69) is 51.4 Å². The van der Waals surface area contributed by atoms with Crippen molar-refractivity contribution in [1.82, 2.24) is 4.98 Å². The van der Waals surface area contributed by atoms with Crippen LogP contribution in [0.15, 0.2) is 18.7 Å². The number of rotatable bonds is 5. The third-order valence-corrected chi connectivity index (χ3v) is 2.96. The van der Waals surface area contributed by atoms with Crippen LogP contribution in [-0.2, 0) is 4.74 Å². The number of H-pyrrole nitrogens is 1. The van der Waals surface area contributed by atoms with Crippen molar-refractivity contribution in [1.29, 1.82) is 0 Å². The van der Waals surface area contributed by atoms with Crippen LogP contribution in [0.3, 0.4) is 0 Å². The highest BCUT2D eigenvalue weighted by Crippen LogP contribution is 2.21. The van der Waals surface area contributed by atoms with E-state index in [1.54, 1.807) is 0 Å². The Hall–Kier alpha value is -1.44. The van der Waals surface area contributed by atoms with Gasteiger partial charge in [0.1, 0.15) is 5.76 Å². The minimum atomic E-state index is 0.177. The fraction of sp³-hybridized carbons (Fsp3) is 0.467. The standard InChI is InChI=1S/C15H23NO/c1-7-8-14-11(4)9-15(16-14)13(6)17-12(5)10(2)3/h7-10,12,16H,6H2,1-5H3/b8-7-. The Balaban J connectivity index is 2.79. The quantitative estimate of drug-likeness (QED) is 0.750. The summed E-state index contributed by atoms with van der Waals surface area (Å²) < 4.78 is 5.79. The molecule has 0 bridgehead atoms. The first kappa shape index (κ1) is 13.6. The van der Waals surface area contributed by atoms with Crippen LogP contribution in [0.2, 0.25) is 0 Å². The molecule has 0 saturated carbocycles. The molecule has 1 aromatic heterocycles. The van der Waals surface area contributed by atoms with Crippen molar-refractivity contribution in [2.45, 2.75) is 40.7 Å². The number of nitrogens with one attached hydrogen (secondary N) is 1. The summed E-state index contributed by atoms with van der Waals surface area (Å²) in [5.74, 6) is 1.20. The lowest BCUT2D eigenvalue weighted by molar-refractivity contribution is 0.138. The van der Waals surface area contributed by atoms with Gasteiger partial charge in [-0.2, -0.15) is 0 Å². The van der Waals surface area contributed by atoms with Crippen molar-refractivity contribution in [3.05, 3.63) is 35.7 Å². The predicted molar refractivity (Wildman–Crippen MR) is 74.7 cm³/mol. The van der Waals surface area contributed by atoms with Gasteiger partial charge in [-0.15, -0.1) is 0 Å². The van der Waals surface area contributed by atoms with Crippen molar-refractivity contribution in [2.24, 2.45) is 5.92 Å². The van der Waals surface area contributed by atoms with Crippen LogP contribution in [0.25, 0.3) is 11.8 Å². The van der Waals surface area contributed by atoms with Gasteiger partial charge in [0.15, 0.2) is 0 Å². The summed E-state index contributed by atoms with van der Waals surface area (Å²) in [5.41, 5.74) is 3.28. The molecule has 0 aliphatic rings. The van der Waals surface area contributed by atoms with Gasteiger partial charge in [0.05, 0.1) is 11.8 Å². The monoisotopic (exact) mass is 233 g/mol. The average Bonchev–Trinajstić information content (AvgIpc) is 2.61. The molecule has 1 heterocycles. The molecule has 0 aromatic carbocycles. The van der Waals surface area contributed by atoms with E-state index in [0.29, 0.717) is 11.7 Å². The Morgan fingerprint density at radius 3 is 2.59 bits per heavy atom. The van der Waals surface area contributed by atoms with Crippen molar-refractivity contribution in [2.75, 3.05) is 0 Å². The molecule has 94 valence electrons. The molecule has 17 heavy (non-hydrogen) atoms. The van der Waals surface area contributed by atoms with Crippen LogP contribution in [-0.4, -0.2) is 11.1 Å². The molecule has 1 rings (SSSR count). The average molecular weight is 233 g/mol. The molecule has 0 aliphatic carbocycles. The molecular formula is C15H23NO. The van der Waals surface area contributed by atoms with Gasteiger partial charge in [-0.3, -0.25) is 0 Å². The van der Waals surface area contributed by atoms with Gasteiger partial charge in [0, 0.05) is 5.69 Å². The molecule has 1 unspecified atom stereocenters. The minimum Gasteiger partial charge on any atom is -0.489 e. The maximum absolute atomic E-state index is 5.79. The van der Waals surface area contributed by atoms with Gasteiger partial charge in [0.25, 0.3) is 0 Å². The van der Waals surface area contributed by atoms with E-state index < -0.39 is 0 Å². The smallest absolute Gasteiger partial charge is 0.136 e. The summed E-state index contributed by atoms with van der Waals surface area (Å²) in [6, 6.07) is 2.07. The summed E-state index contributed by atoms with van der Waals surface area (Å²) in [6.45, 7) is 14.4. The summed E-state index contributed by atoms with van der Waals surface area (Å²) in [4.78, 5) is 3.32. The lowest BCUT2D eigenvalue weighted by Crippen LogP contribution is -2.14. The normalized spacial score (nSPS) is 13.3. The Bertz CT molecular complexity index is 413. The summed E-state index contributed by atoms with van der Waals surface area (Å²) in [7, 11) is 0. The molecule has 0 fully saturated rings. The topological polar surface area (TPSA) is 25.0 Å². The number of ether oxygens (including phenoxy) is 1. The Morgan fingerprint density at radius 2 is 2.06 bits per heavy atom. The third-order valence-electron chi connectivity index (χ3n) is 2.96. The molecule has 0 saturated heterocycles. The van der Waals surface area contributed by atoms with E-state index in [0.717, 1.165) is 11.4 Å². The summed E-state index contributed by atoms with van der Waals surface area (Å²) in [5, 5.41) is 0. The van der Waals surface area contributed by atoms with E-state index >= 15 is 0 Å². The molecule has 0 amide bonds. The molecule has 1 atom stereocenters. The van der Waals surface area contributed by atoms with Gasteiger partial charge < -0.3 is 9.72 Å². The zero-order chi connectivity index (χ0) is 13.0. The van der Waals surface area contributed by atoms with Crippen LogP contribution >= 0.6 is 0 Å². The van der Waals surface area contributed by atoms with Crippen LogP contribution in [0.1, 0.15) is 44.6 Å². The minimum absolute atomic E-state index is 0.177. The zero-order valence-electron chi connectivity index (χ0n) is 11.5. The van der Waals surface area contributed by atoms with Crippen molar-refractivity contribution in [3.63, 3.8) is 0 Å². The van der Waals surface area contributed by atoms with E-state index in [1.165, 1.54) is 5.56 Å². The van der Waals surface area contributed by atoms with Crippen LogP contribution < -0.4 is 0 Å². The molecule has 1 N–H and O–H groups in total. The second-order valence-electron chi connectivity index (χ2n) is 4.77. The zero-order valence-corrected chi connectivity index (χ0v) is 11.5. The molecular weight excluding hydrogens is 210 g/mol. The molecule has 0 radical (unpaired) electrons. The third kappa shape index (κ3) is 3.52. The number of aryl methyl sites for hydroxylation is 1. The lowest BCUT2D eigenvalue weighted by Gasteiger charge is -2.18. The Kier molecular flexibility index (Phi) is 4.62. The van der Waals surface area contributed by atoms with Crippen molar-refractivity contribution in [3.8, 4) is 0 Å². The maximum atomic E-state index is 5.79. The fourth-order valence-electron chi connectivity index (χ4n) is 1.49. The van der Waals surface area contributed by atoms with Gasteiger partial charge in [-0.1, -0.05) is 26.5 Å². The van der Waals surface area contributed by atoms with Crippen LogP contribution in [0, 0.1) is 12.8 Å². The number of hydrogen-bond acceptors (Lipinski definition) is 1. The number of allylic oxidation sites excluding steroid dienone is 1. The van der Waals surface area contributed by atoms with Gasteiger partial charge in [-0.05, 0) is 44.4 Å². The van der Waals surface area contributed by atoms with E-state index in [1.807, 2.05) is 13.0 Å². The summed E-state index contributed by atoms with van der Waals surface area (Å²) in [6.07, 6.45) is 4.25. The highest BCUT2D eigenvalue weighted by Gasteiger charge is 2.12. The first-order chi connectivity index (χ1) is 7.95.